The van der Waals surface area contributed by atoms with Crippen LogP contribution in [0.15, 0.2) is 57.7 Å². The molecule has 24 heavy (non-hydrogen) atoms. The molecule has 0 aliphatic rings. The smallest absolute Gasteiger partial charge is 0.349 e. The Bertz CT molecular complexity index is 942. The van der Waals surface area contributed by atoms with Gasteiger partial charge in [0.05, 0.1) is 7.11 Å². The van der Waals surface area contributed by atoms with E-state index in [1.54, 1.807) is 18.2 Å². The van der Waals surface area contributed by atoms with E-state index < -0.39 is 11.5 Å². The van der Waals surface area contributed by atoms with Crippen molar-refractivity contribution in [1.29, 1.82) is 0 Å². The summed E-state index contributed by atoms with van der Waals surface area (Å²) in [7, 11) is 1.53. The highest BCUT2D eigenvalue weighted by Gasteiger charge is 2.14. The number of fused-ring (bicyclic) bond motifs is 1. The summed E-state index contributed by atoms with van der Waals surface area (Å²) in [6.45, 7) is 2.34. The number of carbonyl (C=O) groups excluding carboxylic acids is 1. The first-order valence-corrected chi connectivity index (χ1v) is 7.52. The van der Waals surface area contributed by atoms with E-state index in [1.807, 2.05) is 31.2 Å². The van der Waals surface area contributed by atoms with Gasteiger partial charge in [-0.3, -0.25) is 4.79 Å². The minimum atomic E-state index is -0.669. The average molecular weight is 323 g/mol. The molecule has 5 heteroatoms. The molecule has 1 amide bonds. The molecule has 0 atom stereocenters. The number of hydrogen-bond donors (Lipinski definition) is 1. The molecule has 0 radical (unpaired) electrons. The number of ether oxygens (including phenoxy) is 1. The fourth-order valence-electron chi connectivity index (χ4n) is 2.36. The molecule has 3 rings (SSSR count). The van der Waals surface area contributed by atoms with E-state index in [0.717, 1.165) is 11.1 Å². The van der Waals surface area contributed by atoms with Crippen LogP contribution in [0.2, 0.25) is 0 Å². The first-order valence-electron chi connectivity index (χ1n) is 7.52. The Morgan fingerprint density at radius 1 is 1.12 bits per heavy atom. The van der Waals surface area contributed by atoms with Crippen molar-refractivity contribution >= 4 is 16.9 Å². The summed E-state index contributed by atoms with van der Waals surface area (Å²) in [5, 5.41) is 3.40. The van der Waals surface area contributed by atoms with Crippen LogP contribution in [0, 0.1) is 6.92 Å². The van der Waals surface area contributed by atoms with Crippen LogP contribution in [-0.2, 0) is 6.54 Å². The van der Waals surface area contributed by atoms with E-state index >= 15 is 0 Å². The van der Waals surface area contributed by atoms with Crippen LogP contribution in [0.25, 0.3) is 11.0 Å². The zero-order valence-corrected chi connectivity index (χ0v) is 13.5. The van der Waals surface area contributed by atoms with Crippen LogP contribution in [0.1, 0.15) is 21.5 Å². The second-order valence-electron chi connectivity index (χ2n) is 5.52. The van der Waals surface area contributed by atoms with Crippen molar-refractivity contribution in [3.05, 3.63) is 75.6 Å². The quantitative estimate of drug-likeness (QED) is 0.749. The largest absolute Gasteiger partial charge is 0.497 e. The molecule has 0 spiro atoms. The van der Waals surface area contributed by atoms with Crippen LogP contribution < -0.4 is 15.7 Å². The van der Waals surface area contributed by atoms with Crippen molar-refractivity contribution in [3.8, 4) is 5.75 Å². The Labute approximate surface area is 138 Å². The first kappa shape index (κ1) is 15.8. The van der Waals surface area contributed by atoms with Gasteiger partial charge in [0, 0.05) is 18.0 Å². The number of benzene rings is 2. The number of aryl methyl sites for hydroxylation is 1. The summed E-state index contributed by atoms with van der Waals surface area (Å²) in [5.41, 5.74) is 1.81. The zero-order chi connectivity index (χ0) is 17.1. The van der Waals surface area contributed by atoms with E-state index in [9.17, 15) is 9.59 Å². The monoisotopic (exact) mass is 323 g/mol. The van der Waals surface area contributed by atoms with Crippen molar-refractivity contribution < 1.29 is 13.9 Å². The van der Waals surface area contributed by atoms with Gasteiger partial charge in [-0.1, -0.05) is 29.8 Å². The van der Waals surface area contributed by atoms with Gasteiger partial charge in [0.2, 0.25) is 0 Å². The third kappa shape index (κ3) is 3.30. The lowest BCUT2D eigenvalue weighted by Crippen LogP contribution is -2.27. The number of hydrogen-bond acceptors (Lipinski definition) is 4. The van der Waals surface area contributed by atoms with Gasteiger partial charge >= 0.3 is 5.63 Å². The molecule has 0 fully saturated rings. The van der Waals surface area contributed by atoms with Gasteiger partial charge in [-0.05, 0) is 30.7 Å². The third-order valence-corrected chi connectivity index (χ3v) is 3.76. The number of nitrogens with one attached hydrogen (secondary N) is 1. The zero-order valence-electron chi connectivity index (χ0n) is 13.5. The van der Waals surface area contributed by atoms with E-state index in [4.69, 9.17) is 9.15 Å². The summed E-state index contributed by atoms with van der Waals surface area (Å²) >= 11 is 0. The highest BCUT2D eigenvalue weighted by Crippen LogP contribution is 2.20. The number of carbonyl (C=O) groups is 1. The average Bonchev–Trinajstić information content (AvgIpc) is 2.59. The van der Waals surface area contributed by atoms with Crippen molar-refractivity contribution in [2.45, 2.75) is 13.5 Å². The van der Waals surface area contributed by atoms with E-state index in [0.29, 0.717) is 23.3 Å². The minimum Gasteiger partial charge on any atom is -0.497 e. The topological polar surface area (TPSA) is 68.5 Å². The predicted molar refractivity (Wildman–Crippen MR) is 91.4 cm³/mol. The predicted octanol–water partition coefficient (Wildman–Crippen LogP) is 3.04. The van der Waals surface area contributed by atoms with E-state index in [1.165, 1.54) is 13.2 Å². The maximum absolute atomic E-state index is 12.3. The molecule has 122 valence electrons. The van der Waals surface area contributed by atoms with Crippen molar-refractivity contribution in [2.24, 2.45) is 0 Å². The van der Waals surface area contributed by atoms with E-state index in [-0.39, 0.29) is 5.56 Å². The SMILES string of the molecule is COc1ccc2cc(C(=O)NCc3ccc(C)cc3)c(=O)oc2c1. The molecule has 1 aromatic heterocycles. The maximum Gasteiger partial charge on any atom is 0.349 e. The number of amides is 1. The van der Waals surface area contributed by atoms with Crippen LogP contribution >= 0.6 is 0 Å². The van der Waals surface area contributed by atoms with Gasteiger partial charge in [-0.2, -0.15) is 0 Å². The van der Waals surface area contributed by atoms with Crippen LogP contribution in [-0.4, -0.2) is 13.0 Å². The van der Waals surface area contributed by atoms with Crippen LogP contribution in [0.5, 0.6) is 5.75 Å². The first-order chi connectivity index (χ1) is 11.6. The summed E-state index contributed by atoms with van der Waals surface area (Å²) in [6.07, 6.45) is 0. The van der Waals surface area contributed by atoms with Crippen LogP contribution in [0.4, 0.5) is 0 Å². The minimum absolute atomic E-state index is 0.0141. The van der Waals surface area contributed by atoms with Gasteiger partial charge in [-0.15, -0.1) is 0 Å². The maximum atomic E-state index is 12.3. The molecule has 0 bridgehead atoms. The highest BCUT2D eigenvalue weighted by molar-refractivity contribution is 5.96. The second-order valence-corrected chi connectivity index (χ2v) is 5.52. The van der Waals surface area contributed by atoms with Gasteiger partial charge in [0.25, 0.3) is 5.91 Å². The van der Waals surface area contributed by atoms with Gasteiger partial charge < -0.3 is 14.5 Å². The molecule has 5 nitrogen and oxygen atoms in total. The van der Waals surface area contributed by atoms with Gasteiger partial charge in [0.1, 0.15) is 16.9 Å². The van der Waals surface area contributed by atoms with Gasteiger partial charge in [0.15, 0.2) is 0 Å². The molecule has 0 aliphatic heterocycles. The summed E-state index contributed by atoms with van der Waals surface area (Å²) in [5.74, 6) is 0.129. The Morgan fingerprint density at radius 3 is 2.58 bits per heavy atom. The Morgan fingerprint density at radius 2 is 1.88 bits per heavy atom. The molecular weight excluding hydrogens is 306 g/mol. The molecule has 0 unspecified atom stereocenters. The Hall–Kier alpha value is -3.08. The number of methoxy groups -OCH3 is 1. The van der Waals surface area contributed by atoms with Crippen LogP contribution in [0.3, 0.4) is 0 Å². The van der Waals surface area contributed by atoms with Crippen molar-refractivity contribution in [1.82, 2.24) is 5.32 Å². The standard InChI is InChI=1S/C19H17NO4/c1-12-3-5-13(6-4-12)11-20-18(21)16-9-14-7-8-15(23-2)10-17(14)24-19(16)22/h3-10H,11H2,1-2H3,(H,20,21). The lowest BCUT2D eigenvalue weighted by atomic mass is 10.1. The van der Waals surface area contributed by atoms with Crippen molar-refractivity contribution in [2.75, 3.05) is 7.11 Å². The molecule has 1 heterocycles. The third-order valence-electron chi connectivity index (χ3n) is 3.76. The Balaban J connectivity index is 1.82. The fraction of sp³-hybridized carbons (Fsp3) is 0.158. The molecule has 0 saturated heterocycles. The molecule has 1 N–H and O–H groups in total. The van der Waals surface area contributed by atoms with E-state index in [2.05, 4.69) is 5.32 Å². The second kappa shape index (κ2) is 6.58. The molecule has 0 saturated carbocycles. The lowest BCUT2D eigenvalue weighted by Gasteiger charge is -2.06. The molecular formula is C19H17NO4. The van der Waals surface area contributed by atoms with Crippen molar-refractivity contribution in [3.63, 3.8) is 0 Å². The lowest BCUT2D eigenvalue weighted by molar-refractivity contribution is 0.0947. The molecule has 3 aromatic rings. The van der Waals surface area contributed by atoms with Gasteiger partial charge in [-0.25, -0.2) is 4.79 Å². The fourth-order valence-corrected chi connectivity index (χ4v) is 2.36. The summed E-state index contributed by atoms with van der Waals surface area (Å²) < 4.78 is 10.3. The Kier molecular flexibility index (Phi) is 4.33. The molecule has 2 aromatic carbocycles. The summed E-state index contributed by atoms with van der Waals surface area (Å²) in [4.78, 5) is 24.3. The summed E-state index contributed by atoms with van der Waals surface area (Å²) in [6, 6.07) is 14.5. The molecule has 0 aliphatic carbocycles. The normalized spacial score (nSPS) is 10.6. The number of rotatable bonds is 4. The highest BCUT2D eigenvalue weighted by atomic mass is 16.5.